The number of nitrogens with one attached hydrogen (secondary N) is 1. The van der Waals surface area contributed by atoms with Crippen LogP contribution < -0.4 is 5.32 Å². The Balaban J connectivity index is 0.000000449. The lowest BCUT2D eigenvalue weighted by Crippen LogP contribution is -2.48. The number of carbonyl (C=O) groups excluding carboxylic acids is 1. The largest absolute Gasteiger partial charge is 0.480 e. The van der Waals surface area contributed by atoms with Crippen LogP contribution in [0.4, 0.5) is 0 Å². The minimum atomic E-state index is -1.02. The van der Waals surface area contributed by atoms with Crippen LogP contribution in [0.15, 0.2) is 78.9 Å². The number of carboxylic acids is 2. The third kappa shape index (κ3) is 10.5. The zero-order valence-electron chi connectivity index (χ0n) is 21.3. The second kappa shape index (κ2) is 13.6. The van der Waals surface area contributed by atoms with E-state index in [4.69, 9.17) is 21.4 Å². The highest BCUT2D eigenvalue weighted by molar-refractivity contribution is 6.30. The van der Waals surface area contributed by atoms with Crippen molar-refractivity contribution < 1.29 is 29.3 Å². The van der Waals surface area contributed by atoms with Gasteiger partial charge < -0.3 is 14.9 Å². The summed E-state index contributed by atoms with van der Waals surface area (Å²) >= 11 is 6.03. The van der Waals surface area contributed by atoms with E-state index in [1.54, 1.807) is 58.0 Å². The van der Waals surface area contributed by atoms with Crippen LogP contribution in [0.25, 0.3) is 11.1 Å². The summed E-state index contributed by atoms with van der Waals surface area (Å²) in [5, 5.41) is 21.4. The summed E-state index contributed by atoms with van der Waals surface area (Å²) in [5.74, 6) is -2.38. The molecule has 3 aromatic carbocycles. The number of esters is 1. The SMILES string of the molecule is C[C@H](N[C@@H](Cc1ccc(-c2cccc(Cl)c2)cc1)C(=O)O)C(=O)OC(C)(C)C.O=C(O)c1ccccc1. The molecule has 3 rings (SSSR count). The Hall–Kier alpha value is -3.68. The van der Waals surface area contributed by atoms with Crippen molar-refractivity contribution in [3.8, 4) is 11.1 Å². The highest BCUT2D eigenvalue weighted by Gasteiger charge is 2.27. The lowest BCUT2D eigenvalue weighted by atomic mass is 10.0. The lowest BCUT2D eigenvalue weighted by molar-refractivity contribution is -0.157. The van der Waals surface area contributed by atoms with Crippen LogP contribution >= 0.6 is 11.6 Å². The predicted octanol–water partition coefficient (Wildman–Crippen LogP) is 5.71. The van der Waals surface area contributed by atoms with Crippen LogP contribution in [0.3, 0.4) is 0 Å². The van der Waals surface area contributed by atoms with Gasteiger partial charge in [0, 0.05) is 5.02 Å². The van der Waals surface area contributed by atoms with Crippen molar-refractivity contribution >= 4 is 29.5 Å². The molecule has 0 aliphatic rings. The van der Waals surface area contributed by atoms with Gasteiger partial charge in [-0.25, -0.2) is 4.79 Å². The molecule has 2 atom stereocenters. The zero-order chi connectivity index (χ0) is 27.6. The molecule has 0 fully saturated rings. The van der Waals surface area contributed by atoms with Crippen molar-refractivity contribution in [1.82, 2.24) is 5.32 Å². The topological polar surface area (TPSA) is 113 Å². The Kier molecular flexibility index (Phi) is 10.8. The molecular formula is C29H32ClNO6. The molecule has 0 bridgehead atoms. The molecule has 0 aliphatic heterocycles. The summed E-state index contributed by atoms with van der Waals surface area (Å²) in [4.78, 5) is 34.0. The van der Waals surface area contributed by atoms with Crippen molar-refractivity contribution in [1.29, 1.82) is 0 Å². The fraction of sp³-hybridized carbons (Fsp3) is 0.276. The van der Waals surface area contributed by atoms with E-state index < -0.39 is 35.6 Å². The number of hydrogen-bond donors (Lipinski definition) is 3. The van der Waals surface area contributed by atoms with E-state index in [1.165, 1.54) is 0 Å². The average molecular weight is 526 g/mol. The Labute approximate surface area is 222 Å². The molecule has 0 aliphatic carbocycles. The summed E-state index contributed by atoms with van der Waals surface area (Å²) in [6, 6.07) is 21.8. The second-order valence-electron chi connectivity index (χ2n) is 9.40. The van der Waals surface area contributed by atoms with E-state index in [9.17, 15) is 19.5 Å². The summed E-state index contributed by atoms with van der Waals surface area (Å²) in [7, 11) is 0. The quantitative estimate of drug-likeness (QED) is 0.323. The molecule has 0 radical (unpaired) electrons. The van der Waals surface area contributed by atoms with Gasteiger partial charge in [0.05, 0.1) is 5.56 Å². The van der Waals surface area contributed by atoms with Crippen LogP contribution in [0.1, 0.15) is 43.6 Å². The number of aliphatic carboxylic acids is 1. The zero-order valence-corrected chi connectivity index (χ0v) is 22.0. The van der Waals surface area contributed by atoms with Gasteiger partial charge in [-0.1, -0.05) is 66.2 Å². The third-order valence-corrected chi connectivity index (χ3v) is 5.32. The number of carbonyl (C=O) groups is 3. The van der Waals surface area contributed by atoms with Gasteiger partial charge in [-0.3, -0.25) is 14.9 Å². The number of rotatable bonds is 8. The highest BCUT2D eigenvalue weighted by atomic mass is 35.5. The molecule has 7 nitrogen and oxygen atoms in total. The first kappa shape index (κ1) is 29.5. The maximum atomic E-state index is 12.1. The maximum Gasteiger partial charge on any atom is 0.335 e. The van der Waals surface area contributed by atoms with E-state index >= 15 is 0 Å². The molecule has 196 valence electrons. The number of ether oxygens (including phenoxy) is 1. The van der Waals surface area contributed by atoms with Crippen molar-refractivity contribution in [3.05, 3.63) is 95.0 Å². The minimum Gasteiger partial charge on any atom is -0.480 e. The average Bonchev–Trinajstić information content (AvgIpc) is 2.84. The smallest absolute Gasteiger partial charge is 0.335 e. The maximum absolute atomic E-state index is 12.1. The first-order valence-corrected chi connectivity index (χ1v) is 12.1. The molecule has 0 saturated carbocycles. The van der Waals surface area contributed by atoms with Gasteiger partial charge in [0.25, 0.3) is 0 Å². The molecule has 0 amide bonds. The summed E-state index contributed by atoms with van der Waals surface area (Å²) in [6.07, 6.45) is 0.248. The number of aromatic carboxylic acids is 1. The van der Waals surface area contributed by atoms with Crippen molar-refractivity contribution in [2.24, 2.45) is 0 Å². The molecule has 0 saturated heterocycles. The Morgan fingerprint density at radius 3 is 2.00 bits per heavy atom. The van der Waals surface area contributed by atoms with Crippen molar-refractivity contribution in [3.63, 3.8) is 0 Å². The van der Waals surface area contributed by atoms with Crippen LogP contribution in [0.5, 0.6) is 0 Å². The van der Waals surface area contributed by atoms with Crippen LogP contribution in [-0.2, 0) is 20.7 Å². The number of halogens is 1. The predicted molar refractivity (Wildman–Crippen MR) is 144 cm³/mol. The lowest BCUT2D eigenvalue weighted by Gasteiger charge is -2.24. The Bertz CT molecular complexity index is 1190. The molecule has 3 N–H and O–H groups in total. The fourth-order valence-electron chi connectivity index (χ4n) is 3.30. The molecule has 0 unspecified atom stereocenters. The molecular weight excluding hydrogens is 494 g/mol. The normalized spacial score (nSPS) is 12.5. The molecule has 37 heavy (non-hydrogen) atoms. The number of hydrogen-bond acceptors (Lipinski definition) is 5. The van der Waals surface area contributed by atoms with Gasteiger partial charge in [-0.2, -0.15) is 0 Å². The van der Waals surface area contributed by atoms with E-state index in [2.05, 4.69) is 5.32 Å². The second-order valence-corrected chi connectivity index (χ2v) is 9.83. The molecule has 0 heterocycles. The van der Waals surface area contributed by atoms with Gasteiger partial charge in [-0.05, 0) is 75.1 Å². The highest BCUT2D eigenvalue weighted by Crippen LogP contribution is 2.23. The Morgan fingerprint density at radius 2 is 1.51 bits per heavy atom. The summed E-state index contributed by atoms with van der Waals surface area (Å²) in [5.41, 5.74) is 2.54. The van der Waals surface area contributed by atoms with Gasteiger partial charge in [0.2, 0.25) is 0 Å². The minimum absolute atomic E-state index is 0.248. The number of carboxylic acid groups (broad SMARTS) is 2. The van der Waals surface area contributed by atoms with Gasteiger partial charge in [0.1, 0.15) is 17.7 Å². The van der Waals surface area contributed by atoms with E-state index in [0.717, 1.165) is 16.7 Å². The first-order valence-electron chi connectivity index (χ1n) is 11.7. The van der Waals surface area contributed by atoms with Crippen LogP contribution in [0.2, 0.25) is 5.02 Å². The van der Waals surface area contributed by atoms with E-state index in [0.29, 0.717) is 10.6 Å². The molecule has 0 aromatic heterocycles. The van der Waals surface area contributed by atoms with E-state index in [1.807, 2.05) is 48.5 Å². The fourth-order valence-corrected chi connectivity index (χ4v) is 3.49. The molecule has 8 heteroatoms. The monoisotopic (exact) mass is 525 g/mol. The van der Waals surface area contributed by atoms with Gasteiger partial charge in [0.15, 0.2) is 0 Å². The van der Waals surface area contributed by atoms with Gasteiger partial charge in [-0.15, -0.1) is 0 Å². The van der Waals surface area contributed by atoms with Crippen molar-refractivity contribution in [2.75, 3.05) is 0 Å². The first-order chi connectivity index (χ1) is 17.4. The molecule has 0 spiro atoms. The standard InChI is InChI=1S/C22H26ClNO4.C7H6O2/c1-14(21(27)28-22(2,3)4)24-19(20(25)26)12-15-8-10-16(11-9-15)17-6-5-7-18(23)13-17;8-7(9)6-4-2-1-3-5-6/h5-11,13-14,19,24H,12H2,1-4H3,(H,25,26);1-5H,(H,8,9)/t14-,19-;/m0./s1. The van der Waals surface area contributed by atoms with Gasteiger partial charge >= 0.3 is 17.9 Å². The molecule has 3 aromatic rings. The summed E-state index contributed by atoms with van der Waals surface area (Å²) in [6.45, 7) is 6.92. The third-order valence-electron chi connectivity index (χ3n) is 5.08. The van der Waals surface area contributed by atoms with Crippen LogP contribution in [-0.4, -0.2) is 45.8 Å². The van der Waals surface area contributed by atoms with Crippen LogP contribution in [0, 0.1) is 0 Å². The number of benzene rings is 3. The summed E-state index contributed by atoms with van der Waals surface area (Å²) < 4.78 is 5.30. The van der Waals surface area contributed by atoms with E-state index in [-0.39, 0.29) is 6.42 Å². The Morgan fingerprint density at radius 1 is 0.892 bits per heavy atom. The van der Waals surface area contributed by atoms with Crippen molar-refractivity contribution in [2.45, 2.75) is 51.8 Å².